The summed E-state index contributed by atoms with van der Waals surface area (Å²) in [6.45, 7) is 6.59. The van der Waals surface area contributed by atoms with Gasteiger partial charge in [-0.3, -0.25) is 9.59 Å². The van der Waals surface area contributed by atoms with E-state index in [4.69, 9.17) is 5.11 Å². The first-order valence-corrected chi connectivity index (χ1v) is 6.55. The molecule has 0 saturated heterocycles. The molecule has 1 rings (SSSR count). The van der Waals surface area contributed by atoms with Gasteiger partial charge in [-0.25, -0.2) is 0 Å². The van der Waals surface area contributed by atoms with Crippen LogP contribution in [-0.2, 0) is 4.79 Å². The van der Waals surface area contributed by atoms with E-state index in [0.717, 1.165) is 5.56 Å². The van der Waals surface area contributed by atoms with Gasteiger partial charge in [0.2, 0.25) is 0 Å². The van der Waals surface area contributed by atoms with Gasteiger partial charge in [-0.1, -0.05) is 45.0 Å². The SMILES string of the molecule is CCNC(CC(=O)O)C(=O)c1ccc(C(C)C)cc1. The zero-order valence-corrected chi connectivity index (χ0v) is 11.6. The number of likely N-dealkylation sites (N-methyl/N-ethyl adjacent to an activating group) is 1. The summed E-state index contributed by atoms with van der Waals surface area (Å²) in [7, 11) is 0. The first-order valence-electron chi connectivity index (χ1n) is 6.55. The third kappa shape index (κ3) is 4.48. The molecule has 4 heteroatoms. The molecule has 1 aromatic carbocycles. The quantitative estimate of drug-likeness (QED) is 0.741. The van der Waals surface area contributed by atoms with Crippen LogP contribution in [0.3, 0.4) is 0 Å². The van der Waals surface area contributed by atoms with Crippen LogP contribution in [0.1, 0.15) is 49.0 Å². The van der Waals surface area contributed by atoms with E-state index in [-0.39, 0.29) is 12.2 Å². The minimum Gasteiger partial charge on any atom is -0.481 e. The van der Waals surface area contributed by atoms with Crippen molar-refractivity contribution in [3.8, 4) is 0 Å². The predicted molar refractivity (Wildman–Crippen MR) is 74.6 cm³/mol. The standard InChI is InChI=1S/C15H21NO3/c1-4-16-13(9-14(17)18)15(19)12-7-5-11(6-8-12)10(2)3/h5-8,10,13,16H,4,9H2,1-3H3,(H,17,18). The summed E-state index contributed by atoms with van der Waals surface area (Å²) in [4.78, 5) is 23.0. The molecule has 2 N–H and O–H groups in total. The van der Waals surface area contributed by atoms with Crippen LogP contribution in [-0.4, -0.2) is 29.4 Å². The molecule has 0 aliphatic carbocycles. The summed E-state index contributed by atoms with van der Waals surface area (Å²) in [5.74, 6) is -0.731. The zero-order valence-electron chi connectivity index (χ0n) is 11.6. The molecule has 104 valence electrons. The monoisotopic (exact) mass is 263 g/mol. The van der Waals surface area contributed by atoms with Gasteiger partial charge in [0, 0.05) is 5.56 Å². The first-order chi connectivity index (χ1) is 8.95. The van der Waals surface area contributed by atoms with Gasteiger partial charge in [0.1, 0.15) is 0 Å². The number of hydrogen-bond donors (Lipinski definition) is 2. The van der Waals surface area contributed by atoms with Crippen LogP contribution >= 0.6 is 0 Å². The lowest BCUT2D eigenvalue weighted by molar-refractivity contribution is -0.137. The number of aliphatic carboxylic acids is 1. The second-order valence-electron chi connectivity index (χ2n) is 4.85. The van der Waals surface area contributed by atoms with Crippen molar-refractivity contribution in [2.24, 2.45) is 0 Å². The first kappa shape index (κ1) is 15.4. The largest absolute Gasteiger partial charge is 0.481 e. The van der Waals surface area contributed by atoms with Crippen LogP contribution in [0.5, 0.6) is 0 Å². The van der Waals surface area contributed by atoms with Gasteiger partial charge in [0.25, 0.3) is 0 Å². The Hall–Kier alpha value is -1.68. The van der Waals surface area contributed by atoms with Gasteiger partial charge in [-0.15, -0.1) is 0 Å². The molecular weight excluding hydrogens is 242 g/mol. The minimum atomic E-state index is -0.974. The normalized spacial score (nSPS) is 12.4. The van der Waals surface area contributed by atoms with Crippen molar-refractivity contribution in [3.05, 3.63) is 35.4 Å². The molecule has 0 radical (unpaired) electrons. The predicted octanol–water partition coefficient (Wildman–Crippen LogP) is 2.45. The smallest absolute Gasteiger partial charge is 0.305 e. The second kappa shape index (κ2) is 7.04. The highest BCUT2D eigenvalue weighted by atomic mass is 16.4. The van der Waals surface area contributed by atoms with Crippen LogP contribution < -0.4 is 5.32 Å². The van der Waals surface area contributed by atoms with Gasteiger partial charge >= 0.3 is 5.97 Å². The molecule has 0 amide bonds. The van der Waals surface area contributed by atoms with Gasteiger partial charge in [0.05, 0.1) is 12.5 Å². The molecule has 1 unspecified atom stereocenters. The van der Waals surface area contributed by atoms with Crippen LogP contribution in [0.4, 0.5) is 0 Å². The highest BCUT2D eigenvalue weighted by molar-refractivity contribution is 6.01. The summed E-state index contributed by atoms with van der Waals surface area (Å²) >= 11 is 0. The van der Waals surface area contributed by atoms with E-state index in [1.165, 1.54) is 0 Å². The number of carboxylic acids is 1. The number of carbonyl (C=O) groups excluding carboxylic acids is 1. The van der Waals surface area contributed by atoms with Crippen molar-refractivity contribution in [3.63, 3.8) is 0 Å². The molecular formula is C15H21NO3. The number of Topliss-reactive ketones (excluding diaryl/α,β-unsaturated/α-hetero) is 1. The topological polar surface area (TPSA) is 66.4 Å². The molecule has 0 aliphatic heterocycles. The van der Waals surface area contributed by atoms with E-state index in [9.17, 15) is 9.59 Å². The molecule has 0 aromatic heterocycles. The Labute approximate surface area is 113 Å². The third-order valence-corrected chi connectivity index (χ3v) is 3.01. The molecule has 1 aromatic rings. The summed E-state index contributed by atoms with van der Waals surface area (Å²) in [5, 5.41) is 11.8. The van der Waals surface area contributed by atoms with Crippen molar-refractivity contribution >= 4 is 11.8 Å². The highest BCUT2D eigenvalue weighted by Crippen LogP contribution is 2.16. The van der Waals surface area contributed by atoms with Crippen molar-refractivity contribution < 1.29 is 14.7 Å². The highest BCUT2D eigenvalue weighted by Gasteiger charge is 2.21. The lowest BCUT2D eigenvalue weighted by Crippen LogP contribution is -2.38. The lowest BCUT2D eigenvalue weighted by atomic mass is 9.97. The van der Waals surface area contributed by atoms with Crippen molar-refractivity contribution in [2.75, 3.05) is 6.54 Å². The molecule has 19 heavy (non-hydrogen) atoms. The zero-order chi connectivity index (χ0) is 14.4. The molecule has 0 heterocycles. The average molecular weight is 263 g/mol. The maximum atomic E-state index is 12.2. The van der Waals surface area contributed by atoms with E-state index in [0.29, 0.717) is 18.0 Å². The Morgan fingerprint density at radius 3 is 2.21 bits per heavy atom. The number of nitrogens with one attached hydrogen (secondary N) is 1. The molecule has 4 nitrogen and oxygen atoms in total. The van der Waals surface area contributed by atoms with Gasteiger partial charge in [-0.05, 0) is 18.0 Å². The van der Waals surface area contributed by atoms with E-state index in [1.807, 2.05) is 19.1 Å². The Balaban J connectivity index is 2.86. The van der Waals surface area contributed by atoms with Gasteiger partial charge in [0.15, 0.2) is 5.78 Å². The van der Waals surface area contributed by atoms with Crippen LogP contribution in [0, 0.1) is 0 Å². The molecule has 0 fully saturated rings. The summed E-state index contributed by atoms with van der Waals surface area (Å²) < 4.78 is 0. The van der Waals surface area contributed by atoms with Gasteiger partial charge < -0.3 is 10.4 Å². The molecule has 0 aliphatic rings. The number of carbonyl (C=O) groups is 2. The molecule has 0 spiro atoms. The number of ketones is 1. The van der Waals surface area contributed by atoms with E-state index < -0.39 is 12.0 Å². The van der Waals surface area contributed by atoms with Crippen LogP contribution in [0.25, 0.3) is 0 Å². The Morgan fingerprint density at radius 1 is 1.21 bits per heavy atom. The Bertz CT molecular complexity index is 437. The fourth-order valence-electron chi connectivity index (χ4n) is 1.91. The fraction of sp³-hybridized carbons (Fsp3) is 0.467. The lowest BCUT2D eigenvalue weighted by Gasteiger charge is -2.15. The number of benzene rings is 1. The number of rotatable bonds is 7. The Kier molecular flexibility index (Phi) is 5.70. The van der Waals surface area contributed by atoms with Crippen molar-refractivity contribution in [1.82, 2.24) is 5.32 Å². The maximum absolute atomic E-state index is 12.2. The van der Waals surface area contributed by atoms with Crippen molar-refractivity contribution in [1.29, 1.82) is 0 Å². The summed E-state index contributed by atoms with van der Waals surface area (Å²) in [6.07, 6.45) is -0.196. The van der Waals surface area contributed by atoms with Crippen LogP contribution in [0.2, 0.25) is 0 Å². The number of hydrogen-bond acceptors (Lipinski definition) is 3. The third-order valence-electron chi connectivity index (χ3n) is 3.01. The van der Waals surface area contributed by atoms with E-state index >= 15 is 0 Å². The van der Waals surface area contributed by atoms with E-state index in [1.54, 1.807) is 12.1 Å². The minimum absolute atomic E-state index is 0.167. The summed E-state index contributed by atoms with van der Waals surface area (Å²) in [5.41, 5.74) is 1.71. The average Bonchev–Trinajstić information content (AvgIpc) is 2.37. The maximum Gasteiger partial charge on any atom is 0.305 e. The van der Waals surface area contributed by atoms with Gasteiger partial charge in [-0.2, -0.15) is 0 Å². The molecule has 1 atom stereocenters. The molecule has 0 bridgehead atoms. The fourth-order valence-corrected chi connectivity index (χ4v) is 1.91. The second-order valence-corrected chi connectivity index (χ2v) is 4.85. The summed E-state index contributed by atoms with van der Waals surface area (Å²) in [6, 6.07) is 6.71. The van der Waals surface area contributed by atoms with E-state index in [2.05, 4.69) is 19.2 Å². The van der Waals surface area contributed by atoms with Crippen LogP contribution in [0.15, 0.2) is 24.3 Å². The Morgan fingerprint density at radius 2 is 1.79 bits per heavy atom. The molecule has 0 saturated carbocycles. The van der Waals surface area contributed by atoms with Crippen molar-refractivity contribution in [2.45, 2.75) is 39.2 Å². The number of carboxylic acid groups (broad SMARTS) is 1.